The number of hydrogen-bond acceptors (Lipinski definition) is 7. The highest BCUT2D eigenvalue weighted by Gasteiger charge is 2.32. The van der Waals surface area contributed by atoms with E-state index in [1.165, 1.54) is 0 Å². The summed E-state index contributed by atoms with van der Waals surface area (Å²) in [6, 6.07) is 9.65. The van der Waals surface area contributed by atoms with E-state index in [9.17, 15) is 4.79 Å². The van der Waals surface area contributed by atoms with Crippen LogP contribution in [0.25, 0.3) is 11.4 Å². The van der Waals surface area contributed by atoms with Crippen LogP contribution in [0.4, 0.5) is 5.82 Å². The summed E-state index contributed by atoms with van der Waals surface area (Å²) in [7, 11) is 0. The van der Waals surface area contributed by atoms with Crippen LogP contribution in [0.3, 0.4) is 0 Å². The number of benzene rings is 1. The standard InChI is InChI=1S/C25H31N7O2/c1-16-14-18(7-8-19(16)21-26-15-32(29-21)25(3,4)5)23(33)30-10-12-31(13-11-30)24-28-22-20(34-24)9-6-17(2)27-22/h6-9,14-15,24H,10-13H2,1-5H3,(H,27,28). The SMILES string of the molecule is Cc1ccc2c(n1)NC(N1CCN(C(=O)c3ccc(-c4ncn(C(C)(C)C)n4)c(C)c3)CC1)O2. The van der Waals surface area contributed by atoms with Crippen molar-refractivity contribution in [2.75, 3.05) is 31.5 Å². The first-order chi connectivity index (χ1) is 16.2. The second-order valence-corrected chi connectivity index (χ2v) is 9.96. The van der Waals surface area contributed by atoms with Crippen molar-refractivity contribution < 1.29 is 9.53 Å². The normalized spacial score (nSPS) is 18.4. The molecule has 178 valence electrons. The summed E-state index contributed by atoms with van der Waals surface area (Å²) in [6.45, 7) is 13.0. The number of ether oxygens (including phenoxy) is 1. The van der Waals surface area contributed by atoms with Gasteiger partial charge in [-0.1, -0.05) is 6.07 Å². The molecule has 2 aromatic heterocycles. The number of hydrogen-bond donors (Lipinski definition) is 1. The van der Waals surface area contributed by atoms with Crippen molar-refractivity contribution in [3.8, 4) is 17.1 Å². The van der Waals surface area contributed by atoms with E-state index in [-0.39, 0.29) is 17.8 Å². The second kappa shape index (κ2) is 8.39. The number of pyridine rings is 1. The van der Waals surface area contributed by atoms with Crippen LogP contribution in [0.5, 0.6) is 5.75 Å². The number of piperazine rings is 1. The van der Waals surface area contributed by atoms with Gasteiger partial charge in [0.15, 0.2) is 17.4 Å². The number of aromatic nitrogens is 4. The van der Waals surface area contributed by atoms with Gasteiger partial charge in [-0.3, -0.25) is 4.79 Å². The highest BCUT2D eigenvalue weighted by atomic mass is 16.5. The van der Waals surface area contributed by atoms with E-state index >= 15 is 0 Å². The Hall–Kier alpha value is -3.46. The minimum atomic E-state index is -0.247. The van der Waals surface area contributed by atoms with Crippen molar-refractivity contribution in [3.63, 3.8) is 0 Å². The smallest absolute Gasteiger partial charge is 0.253 e. The largest absolute Gasteiger partial charge is 0.453 e. The van der Waals surface area contributed by atoms with Crippen LogP contribution in [-0.4, -0.2) is 68.0 Å². The van der Waals surface area contributed by atoms with Gasteiger partial charge in [0, 0.05) is 43.0 Å². The molecule has 0 aliphatic carbocycles. The van der Waals surface area contributed by atoms with Gasteiger partial charge >= 0.3 is 0 Å². The van der Waals surface area contributed by atoms with Gasteiger partial charge in [-0.25, -0.2) is 19.5 Å². The number of fused-ring (bicyclic) bond motifs is 1. The summed E-state index contributed by atoms with van der Waals surface area (Å²) in [5.74, 6) is 2.27. The fraction of sp³-hybridized carbons (Fsp3) is 0.440. The van der Waals surface area contributed by atoms with Crippen LogP contribution < -0.4 is 10.1 Å². The molecule has 3 aromatic rings. The summed E-state index contributed by atoms with van der Waals surface area (Å²) in [4.78, 5) is 26.3. The molecule has 1 fully saturated rings. The van der Waals surface area contributed by atoms with Crippen LogP contribution in [-0.2, 0) is 5.54 Å². The van der Waals surface area contributed by atoms with Crippen LogP contribution >= 0.6 is 0 Å². The van der Waals surface area contributed by atoms with Crippen molar-refractivity contribution in [3.05, 3.63) is 53.5 Å². The van der Waals surface area contributed by atoms with Gasteiger partial charge in [0.1, 0.15) is 6.33 Å². The lowest BCUT2D eigenvalue weighted by Crippen LogP contribution is -2.54. The number of aryl methyl sites for hydroxylation is 2. The summed E-state index contributed by atoms with van der Waals surface area (Å²) < 4.78 is 7.87. The van der Waals surface area contributed by atoms with Crippen molar-refractivity contribution >= 4 is 11.7 Å². The van der Waals surface area contributed by atoms with Gasteiger partial charge in [0.2, 0.25) is 6.35 Å². The first-order valence-electron chi connectivity index (χ1n) is 11.7. The van der Waals surface area contributed by atoms with Crippen LogP contribution in [0, 0.1) is 13.8 Å². The molecule has 1 amide bonds. The Balaban J connectivity index is 1.22. The monoisotopic (exact) mass is 461 g/mol. The van der Waals surface area contributed by atoms with Gasteiger partial charge in [-0.15, -0.1) is 0 Å². The molecule has 0 bridgehead atoms. The average Bonchev–Trinajstić information content (AvgIpc) is 3.46. The first kappa shape index (κ1) is 22.3. The average molecular weight is 462 g/mol. The van der Waals surface area contributed by atoms with Crippen LogP contribution in [0.1, 0.15) is 42.4 Å². The lowest BCUT2D eigenvalue weighted by Gasteiger charge is -2.37. The molecule has 1 aromatic carbocycles. The quantitative estimate of drug-likeness (QED) is 0.640. The summed E-state index contributed by atoms with van der Waals surface area (Å²) in [5.41, 5.74) is 3.43. The number of rotatable bonds is 3. The van der Waals surface area contributed by atoms with Gasteiger partial charge < -0.3 is 15.0 Å². The molecule has 9 heteroatoms. The van der Waals surface area contributed by atoms with Crippen molar-refractivity contribution in [1.29, 1.82) is 0 Å². The van der Waals surface area contributed by atoms with Crippen LogP contribution in [0.15, 0.2) is 36.7 Å². The van der Waals surface area contributed by atoms with Gasteiger partial charge in [-0.05, 0) is 64.4 Å². The Morgan fingerprint density at radius 1 is 1.09 bits per heavy atom. The Labute approximate surface area is 199 Å². The molecular formula is C25H31N7O2. The van der Waals surface area contributed by atoms with Gasteiger partial charge in [-0.2, -0.15) is 5.10 Å². The zero-order chi connectivity index (χ0) is 24.0. The Morgan fingerprint density at radius 2 is 1.85 bits per heavy atom. The third kappa shape index (κ3) is 4.23. The lowest BCUT2D eigenvalue weighted by atomic mass is 10.0. The topological polar surface area (TPSA) is 88.4 Å². The molecule has 5 rings (SSSR count). The number of carbonyl (C=O) groups is 1. The number of nitrogens with one attached hydrogen (secondary N) is 1. The number of carbonyl (C=O) groups excluding carboxylic acids is 1. The van der Waals surface area contributed by atoms with E-state index in [4.69, 9.17) is 4.74 Å². The fourth-order valence-electron chi connectivity index (χ4n) is 4.27. The predicted octanol–water partition coefficient (Wildman–Crippen LogP) is 3.26. The third-order valence-electron chi connectivity index (χ3n) is 6.32. The summed E-state index contributed by atoms with van der Waals surface area (Å²) in [6.07, 6.45) is 1.51. The summed E-state index contributed by atoms with van der Waals surface area (Å²) in [5, 5.41) is 7.96. The first-order valence-corrected chi connectivity index (χ1v) is 11.7. The Bertz CT molecular complexity index is 1220. The second-order valence-electron chi connectivity index (χ2n) is 9.96. The zero-order valence-corrected chi connectivity index (χ0v) is 20.4. The van der Waals surface area contributed by atoms with E-state index in [0.717, 1.165) is 41.5 Å². The molecule has 9 nitrogen and oxygen atoms in total. The van der Waals surface area contributed by atoms with Crippen molar-refractivity contribution in [2.24, 2.45) is 0 Å². The summed E-state index contributed by atoms with van der Waals surface area (Å²) >= 11 is 0. The highest BCUT2D eigenvalue weighted by molar-refractivity contribution is 5.95. The maximum Gasteiger partial charge on any atom is 0.253 e. The third-order valence-corrected chi connectivity index (χ3v) is 6.32. The lowest BCUT2D eigenvalue weighted by molar-refractivity contribution is 0.0177. The van der Waals surface area contributed by atoms with E-state index in [1.807, 2.05) is 53.8 Å². The molecule has 0 saturated carbocycles. The molecule has 4 heterocycles. The Kier molecular flexibility index (Phi) is 5.51. The molecule has 2 aliphatic rings. The zero-order valence-electron chi connectivity index (χ0n) is 20.4. The maximum absolute atomic E-state index is 13.2. The molecule has 1 N–H and O–H groups in total. The Morgan fingerprint density at radius 3 is 2.53 bits per heavy atom. The number of amides is 1. The van der Waals surface area contributed by atoms with Crippen molar-refractivity contribution in [2.45, 2.75) is 46.5 Å². The van der Waals surface area contributed by atoms with E-state index < -0.39 is 0 Å². The number of nitrogens with zero attached hydrogens (tertiary/aromatic N) is 6. The molecule has 1 atom stereocenters. The minimum Gasteiger partial charge on any atom is -0.453 e. The fourth-order valence-corrected chi connectivity index (χ4v) is 4.27. The maximum atomic E-state index is 13.2. The van der Waals surface area contributed by atoms with Crippen LogP contribution in [0.2, 0.25) is 0 Å². The van der Waals surface area contributed by atoms with Gasteiger partial charge in [0.25, 0.3) is 5.91 Å². The molecular weight excluding hydrogens is 430 g/mol. The van der Waals surface area contributed by atoms with Gasteiger partial charge in [0.05, 0.1) is 5.54 Å². The van der Waals surface area contributed by atoms with E-state index in [2.05, 4.69) is 46.1 Å². The molecule has 2 aliphatic heterocycles. The molecule has 34 heavy (non-hydrogen) atoms. The highest BCUT2D eigenvalue weighted by Crippen LogP contribution is 2.31. The molecule has 1 unspecified atom stereocenters. The molecule has 0 radical (unpaired) electrons. The number of anilines is 1. The minimum absolute atomic E-state index is 0.0448. The van der Waals surface area contributed by atoms with E-state index in [1.54, 1.807) is 6.33 Å². The van der Waals surface area contributed by atoms with E-state index in [0.29, 0.717) is 24.5 Å². The molecule has 1 saturated heterocycles. The van der Waals surface area contributed by atoms with Crippen molar-refractivity contribution in [1.82, 2.24) is 29.5 Å². The predicted molar refractivity (Wildman–Crippen MR) is 130 cm³/mol. The molecule has 0 spiro atoms.